The van der Waals surface area contributed by atoms with Crippen LogP contribution in [0.15, 0.2) is 64.2 Å². The summed E-state index contributed by atoms with van der Waals surface area (Å²) >= 11 is 3.20. The van der Waals surface area contributed by atoms with Crippen molar-refractivity contribution in [1.82, 2.24) is 15.5 Å². The van der Waals surface area contributed by atoms with E-state index >= 15 is 0 Å². The molecule has 0 aliphatic rings. The van der Waals surface area contributed by atoms with E-state index in [9.17, 15) is 23.1 Å². The average Bonchev–Trinajstić information content (AvgIpc) is 3.16. The third-order valence-electron chi connectivity index (χ3n) is 3.95. The van der Waals surface area contributed by atoms with Crippen molar-refractivity contribution in [1.29, 1.82) is 0 Å². The number of halogens is 4. The third kappa shape index (κ3) is 7.68. The van der Waals surface area contributed by atoms with Gasteiger partial charge in [0.05, 0.1) is 12.1 Å². The summed E-state index contributed by atoms with van der Waals surface area (Å²) < 4.78 is 46.0. The standard InChI is InChI=1S/C20H19BrF3N3O4/c1-4-13(9-11(2)21)10-16(28)12(3)25-18(29)19-26-17(27-31-19)14-5-7-15(8-6-14)30-20(22,23)24/h4-9,12,16,28H,1-2,10H2,3H3,(H,25,29). The van der Waals surface area contributed by atoms with Gasteiger partial charge in [-0.15, -0.1) is 13.2 Å². The fourth-order valence-corrected chi connectivity index (χ4v) is 2.72. The Morgan fingerprint density at radius 1 is 1.39 bits per heavy atom. The molecule has 2 aromatic rings. The molecule has 0 saturated heterocycles. The number of aliphatic hydroxyl groups is 1. The van der Waals surface area contributed by atoms with E-state index < -0.39 is 30.2 Å². The minimum Gasteiger partial charge on any atom is -0.406 e. The smallest absolute Gasteiger partial charge is 0.406 e. The Labute approximate surface area is 184 Å². The number of hydrogen-bond acceptors (Lipinski definition) is 6. The summed E-state index contributed by atoms with van der Waals surface area (Å²) in [5.74, 6) is -1.48. The highest BCUT2D eigenvalue weighted by atomic mass is 79.9. The second-order valence-electron chi connectivity index (χ2n) is 6.40. The highest BCUT2D eigenvalue weighted by Gasteiger charge is 2.31. The summed E-state index contributed by atoms with van der Waals surface area (Å²) in [6.45, 7) is 8.95. The zero-order valence-corrected chi connectivity index (χ0v) is 17.9. The summed E-state index contributed by atoms with van der Waals surface area (Å²) in [5, 5.41) is 16.5. The first kappa shape index (κ1) is 24.4. The number of allylic oxidation sites excluding steroid dienone is 3. The topological polar surface area (TPSA) is 97.5 Å². The Morgan fingerprint density at radius 3 is 2.58 bits per heavy atom. The molecule has 0 spiro atoms. The number of nitrogens with zero attached hydrogens (tertiary/aromatic N) is 2. The van der Waals surface area contributed by atoms with E-state index in [1.165, 1.54) is 12.1 Å². The highest BCUT2D eigenvalue weighted by Crippen LogP contribution is 2.25. The number of rotatable bonds is 9. The predicted octanol–water partition coefficient (Wildman–Crippen LogP) is 4.53. The van der Waals surface area contributed by atoms with Gasteiger partial charge in [0.25, 0.3) is 0 Å². The molecule has 31 heavy (non-hydrogen) atoms. The van der Waals surface area contributed by atoms with Crippen LogP contribution >= 0.6 is 15.9 Å². The van der Waals surface area contributed by atoms with E-state index in [-0.39, 0.29) is 18.1 Å². The van der Waals surface area contributed by atoms with Crippen molar-refractivity contribution in [2.75, 3.05) is 0 Å². The Balaban J connectivity index is 2.01. The number of aliphatic hydroxyl groups excluding tert-OH is 1. The molecule has 7 nitrogen and oxygen atoms in total. The molecule has 0 saturated carbocycles. The van der Waals surface area contributed by atoms with Crippen molar-refractivity contribution in [3.63, 3.8) is 0 Å². The van der Waals surface area contributed by atoms with Crippen LogP contribution in [-0.4, -0.2) is 39.7 Å². The molecule has 1 aromatic heterocycles. The van der Waals surface area contributed by atoms with Crippen LogP contribution in [0.3, 0.4) is 0 Å². The van der Waals surface area contributed by atoms with Crippen LogP contribution in [0.1, 0.15) is 24.0 Å². The van der Waals surface area contributed by atoms with Gasteiger partial charge in [-0.05, 0) is 42.8 Å². The minimum atomic E-state index is -4.80. The summed E-state index contributed by atoms with van der Waals surface area (Å²) in [4.78, 5) is 16.3. The summed E-state index contributed by atoms with van der Waals surface area (Å²) in [5.41, 5.74) is 1.04. The zero-order chi connectivity index (χ0) is 23.2. The molecule has 2 atom stereocenters. The zero-order valence-electron chi connectivity index (χ0n) is 16.3. The van der Waals surface area contributed by atoms with Crippen molar-refractivity contribution in [3.05, 3.63) is 65.5 Å². The number of amides is 1. The van der Waals surface area contributed by atoms with Gasteiger partial charge < -0.3 is 19.7 Å². The summed E-state index contributed by atoms with van der Waals surface area (Å²) in [6, 6.07) is 4.10. The fourth-order valence-electron chi connectivity index (χ4n) is 2.42. The maximum Gasteiger partial charge on any atom is 0.573 e. The van der Waals surface area contributed by atoms with Gasteiger partial charge in [-0.2, -0.15) is 4.98 Å². The second-order valence-corrected chi connectivity index (χ2v) is 7.42. The van der Waals surface area contributed by atoms with E-state index in [2.05, 4.69) is 49.3 Å². The molecule has 166 valence electrons. The van der Waals surface area contributed by atoms with Gasteiger partial charge in [0.2, 0.25) is 5.82 Å². The van der Waals surface area contributed by atoms with Crippen LogP contribution in [0.5, 0.6) is 5.75 Å². The highest BCUT2D eigenvalue weighted by molar-refractivity contribution is 9.11. The molecule has 11 heteroatoms. The van der Waals surface area contributed by atoms with Crippen LogP contribution in [0.4, 0.5) is 13.2 Å². The van der Waals surface area contributed by atoms with Crippen LogP contribution < -0.4 is 10.1 Å². The molecule has 0 radical (unpaired) electrons. The van der Waals surface area contributed by atoms with E-state index in [1.807, 2.05) is 0 Å². The number of ether oxygens (including phenoxy) is 1. The van der Waals surface area contributed by atoms with Gasteiger partial charge in [0.1, 0.15) is 5.75 Å². The van der Waals surface area contributed by atoms with Crippen LogP contribution in [0.25, 0.3) is 11.4 Å². The van der Waals surface area contributed by atoms with Gasteiger partial charge in [0, 0.05) is 16.5 Å². The molecule has 1 heterocycles. The van der Waals surface area contributed by atoms with Crippen molar-refractivity contribution in [2.45, 2.75) is 31.9 Å². The number of carbonyl (C=O) groups is 1. The lowest BCUT2D eigenvalue weighted by atomic mass is 10.0. The number of aromatic nitrogens is 2. The SMILES string of the molecule is C=CC(=CC(=C)Br)CC(O)C(C)NC(=O)c1nc(-c2ccc(OC(F)(F)F)cc2)no1. The quantitative estimate of drug-likeness (QED) is 0.490. The van der Waals surface area contributed by atoms with Gasteiger partial charge in [-0.3, -0.25) is 4.79 Å². The molecule has 2 unspecified atom stereocenters. The maximum atomic E-state index is 12.3. The molecular formula is C20H19BrF3N3O4. The predicted molar refractivity (Wildman–Crippen MR) is 110 cm³/mol. The summed E-state index contributed by atoms with van der Waals surface area (Å²) in [7, 11) is 0. The van der Waals surface area contributed by atoms with Gasteiger partial charge in [-0.25, -0.2) is 0 Å². The first-order chi connectivity index (χ1) is 14.5. The molecule has 1 amide bonds. The molecule has 0 aliphatic heterocycles. The molecule has 2 rings (SSSR count). The fraction of sp³-hybridized carbons (Fsp3) is 0.250. The molecule has 1 aromatic carbocycles. The number of benzene rings is 1. The van der Waals surface area contributed by atoms with Crippen LogP contribution in [0, 0.1) is 0 Å². The van der Waals surface area contributed by atoms with E-state index in [0.717, 1.165) is 12.1 Å². The van der Waals surface area contributed by atoms with E-state index in [1.54, 1.807) is 19.1 Å². The van der Waals surface area contributed by atoms with E-state index in [4.69, 9.17) is 4.52 Å². The van der Waals surface area contributed by atoms with Crippen molar-refractivity contribution in [2.24, 2.45) is 0 Å². The number of alkyl halides is 3. The van der Waals surface area contributed by atoms with Crippen molar-refractivity contribution in [3.8, 4) is 17.1 Å². The summed E-state index contributed by atoms with van der Waals surface area (Å²) in [6.07, 6.45) is -2.25. The Morgan fingerprint density at radius 2 is 2.03 bits per heavy atom. The molecule has 0 bridgehead atoms. The maximum absolute atomic E-state index is 12.3. The Kier molecular flexibility index (Phi) is 8.17. The Hall–Kier alpha value is -2.92. The van der Waals surface area contributed by atoms with Gasteiger partial charge >= 0.3 is 18.2 Å². The third-order valence-corrected chi connectivity index (χ3v) is 4.18. The molecule has 0 aliphatic carbocycles. The van der Waals surface area contributed by atoms with Crippen LogP contribution in [-0.2, 0) is 0 Å². The lowest BCUT2D eigenvalue weighted by Crippen LogP contribution is -2.41. The number of hydrogen-bond donors (Lipinski definition) is 2. The van der Waals surface area contributed by atoms with E-state index in [0.29, 0.717) is 15.6 Å². The minimum absolute atomic E-state index is 0.00428. The largest absolute Gasteiger partial charge is 0.573 e. The number of carbonyl (C=O) groups excluding carboxylic acids is 1. The lowest BCUT2D eigenvalue weighted by molar-refractivity contribution is -0.274. The lowest BCUT2D eigenvalue weighted by Gasteiger charge is -2.19. The Bertz CT molecular complexity index is 971. The molecule has 0 fully saturated rings. The molecular weight excluding hydrogens is 483 g/mol. The van der Waals surface area contributed by atoms with Crippen molar-refractivity contribution >= 4 is 21.8 Å². The number of nitrogens with one attached hydrogen (secondary N) is 1. The monoisotopic (exact) mass is 501 g/mol. The van der Waals surface area contributed by atoms with Crippen LogP contribution in [0.2, 0.25) is 0 Å². The molecule has 2 N–H and O–H groups in total. The first-order valence-corrected chi connectivity index (χ1v) is 9.64. The van der Waals surface area contributed by atoms with Gasteiger partial charge in [-0.1, -0.05) is 40.3 Å². The average molecular weight is 502 g/mol. The van der Waals surface area contributed by atoms with Gasteiger partial charge in [0.15, 0.2) is 0 Å². The first-order valence-electron chi connectivity index (χ1n) is 8.84. The normalized spacial score (nSPS) is 13.9. The van der Waals surface area contributed by atoms with Crippen molar-refractivity contribution < 1.29 is 32.3 Å². The second kappa shape index (κ2) is 10.4.